The molecule has 0 aromatic carbocycles. The van der Waals surface area contributed by atoms with Gasteiger partial charge in [-0.3, -0.25) is 4.79 Å². The van der Waals surface area contributed by atoms with Crippen LogP contribution in [-0.4, -0.2) is 44.5 Å². The van der Waals surface area contributed by atoms with Gasteiger partial charge in [0, 0.05) is 26.6 Å². The summed E-state index contributed by atoms with van der Waals surface area (Å²) in [6.45, 7) is 2.70. The van der Waals surface area contributed by atoms with Crippen LogP contribution in [0.3, 0.4) is 0 Å². The molecular formula is C11H23N3O. The number of nitrogens with one attached hydrogen (secondary N) is 1. The Hall–Kier alpha value is -0.610. The van der Waals surface area contributed by atoms with Gasteiger partial charge in [0.25, 0.3) is 0 Å². The van der Waals surface area contributed by atoms with Gasteiger partial charge in [0.05, 0.1) is 0 Å². The quantitative estimate of drug-likeness (QED) is 0.634. The second-order valence-corrected chi connectivity index (χ2v) is 4.70. The zero-order chi connectivity index (χ0) is 11.3. The molecule has 1 aliphatic carbocycles. The van der Waals surface area contributed by atoms with Crippen molar-refractivity contribution >= 4 is 5.91 Å². The Morgan fingerprint density at radius 3 is 2.67 bits per heavy atom. The van der Waals surface area contributed by atoms with Crippen molar-refractivity contribution in [1.29, 1.82) is 0 Å². The monoisotopic (exact) mass is 213 g/mol. The first kappa shape index (κ1) is 12.5. The van der Waals surface area contributed by atoms with Crippen molar-refractivity contribution in [3.63, 3.8) is 0 Å². The van der Waals surface area contributed by atoms with Crippen molar-refractivity contribution < 1.29 is 4.79 Å². The van der Waals surface area contributed by atoms with Crippen LogP contribution in [0.25, 0.3) is 0 Å². The van der Waals surface area contributed by atoms with E-state index in [4.69, 9.17) is 5.73 Å². The minimum Gasteiger partial charge on any atom is -0.359 e. The van der Waals surface area contributed by atoms with Gasteiger partial charge in [-0.1, -0.05) is 0 Å². The van der Waals surface area contributed by atoms with Crippen LogP contribution in [0.1, 0.15) is 25.7 Å². The van der Waals surface area contributed by atoms with E-state index >= 15 is 0 Å². The summed E-state index contributed by atoms with van der Waals surface area (Å²) in [5.74, 6) is 0.116. The van der Waals surface area contributed by atoms with Gasteiger partial charge in [-0.25, -0.2) is 0 Å². The van der Waals surface area contributed by atoms with E-state index in [1.54, 1.807) is 7.05 Å². The molecule has 1 amide bonds. The van der Waals surface area contributed by atoms with Crippen molar-refractivity contribution in [2.24, 2.45) is 11.1 Å². The highest BCUT2D eigenvalue weighted by Crippen LogP contribution is 2.48. The molecular weight excluding hydrogens is 190 g/mol. The Bertz CT molecular complexity index is 214. The van der Waals surface area contributed by atoms with E-state index in [2.05, 4.69) is 17.3 Å². The van der Waals surface area contributed by atoms with Crippen LogP contribution in [-0.2, 0) is 4.79 Å². The van der Waals surface area contributed by atoms with Gasteiger partial charge >= 0.3 is 0 Å². The molecule has 0 aromatic rings. The number of nitrogens with two attached hydrogens (primary N) is 1. The van der Waals surface area contributed by atoms with Crippen LogP contribution in [0.15, 0.2) is 0 Å². The summed E-state index contributed by atoms with van der Waals surface area (Å²) < 4.78 is 0. The maximum atomic E-state index is 11.1. The Labute approximate surface area is 92.2 Å². The highest BCUT2D eigenvalue weighted by molar-refractivity contribution is 5.75. The van der Waals surface area contributed by atoms with Crippen molar-refractivity contribution in [2.75, 3.05) is 33.7 Å². The molecule has 0 heterocycles. The predicted octanol–water partition coefficient (Wildman–Crippen LogP) is 0.183. The Morgan fingerprint density at radius 2 is 2.20 bits per heavy atom. The normalized spacial score (nSPS) is 17.9. The molecule has 1 saturated carbocycles. The van der Waals surface area contributed by atoms with Crippen LogP contribution in [0.2, 0.25) is 0 Å². The van der Waals surface area contributed by atoms with E-state index in [9.17, 15) is 4.79 Å². The third-order valence-electron chi connectivity index (χ3n) is 3.24. The molecule has 88 valence electrons. The zero-order valence-corrected chi connectivity index (χ0v) is 9.88. The highest BCUT2D eigenvalue weighted by atomic mass is 16.1. The molecule has 4 nitrogen and oxygen atoms in total. The highest BCUT2D eigenvalue weighted by Gasteiger charge is 2.42. The van der Waals surface area contributed by atoms with Crippen molar-refractivity contribution in [3.05, 3.63) is 0 Å². The zero-order valence-electron chi connectivity index (χ0n) is 9.88. The van der Waals surface area contributed by atoms with E-state index in [1.807, 2.05) is 0 Å². The molecule has 1 aliphatic rings. The average molecular weight is 213 g/mol. The SMILES string of the molecule is CNC(=O)CCN(C)CC1(CCN)CC1. The van der Waals surface area contributed by atoms with Gasteiger partial charge in [-0.15, -0.1) is 0 Å². The first-order valence-corrected chi connectivity index (χ1v) is 5.71. The fourth-order valence-corrected chi connectivity index (χ4v) is 2.04. The van der Waals surface area contributed by atoms with Crippen LogP contribution >= 0.6 is 0 Å². The molecule has 1 fully saturated rings. The summed E-state index contributed by atoms with van der Waals surface area (Å²) in [5, 5.41) is 2.64. The van der Waals surface area contributed by atoms with E-state index in [-0.39, 0.29) is 5.91 Å². The molecule has 3 N–H and O–H groups in total. The van der Waals surface area contributed by atoms with Gasteiger partial charge < -0.3 is 16.0 Å². The molecule has 0 spiro atoms. The van der Waals surface area contributed by atoms with E-state index in [0.29, 0.717) is 11.8 Å². The molecule has 0 saturated heterocycles. The molecule has 0 atom stereocenters. The maximum absolute atomic E-state index is 11.1. The van der Waals surface area contributed by atoms with Gasteiger partial charge in [0.15, 0.2) is 0 Å². The van der Waals surface area contributed by atoms with Gasteiger partial charge in [-0.05, 0) is 38.3 Å². The van der Waals surface area contributed by atoms with Crippen LogP contribution in [0.5, 0.6) is 0 Å². The summed E-state index contributed by atoms with van der Waals surface area (Å²) in [6, 6.07) is 0. The molecule has 4 heteroatoms. The lowest BCUT2D eigenvalue weighted by atomic mass is 10.0. The summed E-state index contributed by atoms with van der Waals surface area (Å²) in [7, 11) is 3.76. The minimum absolute atomic E-state index is 0.116. The second kappa shape index (κ2) is 5.47. The van der Waals surface area contributed by atoms with Gasteiger partial charge in [0.1, 0.15) is 0 Å². The molecule has 15 heavy (non-hydrogen) atoms. The first-order chi connectivity index (χ1) is 7.12. The van der Waals surface area contributed by atoms with Crippen LogP contribution in [0, 0.1) is 5.41 Å². The lowest BCUT2D eigenvalue weighted by Crippen LogP contribution is -2.31. The number of hydrogen-bond donors (Lipinski definition) is 2. The first-order valence-electron chi connectivity index (χ1n) is 5.71. The largest absolute Gasteiger partial charge is 0.359 e. The Kier molecular flexibility index (Phi) is 4.54. The molecule has 0 unspecified atom stereocenters. The van der Waals surface area contributed by atoms with Crippen molar-refractivity contribution in [1.82, 2.24) is 10.2 Å². The number of carbonyl (C=O) groups excluding carboxylic acids is 1. The lowest BCUT2D eigenvalue weighted by Gasteiger charge is -2.22. The topological polar surface area (TPSA) is 58.4 Å². The number of hydrogen-bond acceptors (Lipinski definition) is 3. The van der Waals surface area contributed by atoms with Crippen LogP contribution < -0.4 is 11.1 Å². The average Bonchev–Trinajstić information content (AvgIpc) is 2.95. The van der Waals surface area contributed by atoms with E-state index < -0.39 is 0 Å². The van der Waals surface area contributed by atoms with E-state index in [1.165, 1.54) is 12.8 Å². The number of rotatable bonds is 7. The standard InChI is InChI=1S/C11H23N3O/c1-13-10(15)3-8-14(2)9-11(4-5-11)6-7-12/h3-9,12H2,1-2H3,(H,13,15). The lowest BCUT2D eigenvalue weighted by molar-refractivity contribution is -0.120. The fourth-order valence-electron chi connectivity index (χ4n) is 2.04. The minimum atomic E-state index is 0.116. The molecule has 0 aromatic heterocycles. The Morgan fingerprint density at radius 1 is 1.53 bits per heavy atom. The van der Waals surface area contributed by atoms with Crippen LogP contribution in [0.4, 0.5) is 0 Å². The number of amides is 1. The molecule has 0 radical (unpaired) electrons. The molecule has 0 bridgehead atoms. The fraction of sp³-hybridized carbons (Fsp3) is 0.909. The van der Waals surface area contributed by atoms with Gasteiger partial charge in [0.2, 0.25) is 5.91 Å². The second-order valence-electron chi connectivity index (χ2n) is 4.70. The molecule has 1 rings (SSSR count). The predicted molar refractivity (Wildman–Crippen MR) is 61.5 cm³/mol. The van der Waals surface area contributed by atoms with Crippen molar-refractivity contribution in [2.45, 2.75) is 25.7 Å². The summed E-state index contributed by atoms with van der Waals surface area (Å²) >= 11 is 0. The third-order valence-corrected chi connectivity index (χ3v) is 3.24. The smallest absolute Gasteiger partial charge is 0.221 e. The third kappa shape index (κ3) is 4.18. The molecule has 0 aliphatic heterocycles. The summed E-state index contributed by atoms with van der Waals surface area (Å²) in [6.07, 6.45) is 4.31. The maximum Gasteiger partial charge on any atom is 0.221 e. The summed E-state index contributed by atoms with van der Waals surface area (Å²) in [4.78, 5) is 13.3. The van der Waals surface area contributed by atoms with E-state index in [0.717, 1.165) is 26.1 Å². The summed E-state index contributed by atoms with van der Waals surface area (Å²) in [5.41, 5.74) is 6.07. The number of nitrogens with zero attached hydrogens (tertiary/aromatic N) is 1. The van der Waals surface area contributed by atoms with Crippen molar-refractivity contribution in [3.8, 4) is 0 Å². The van der Waals surface area contributed by atoms with Gasteiger partial charge in [-0.2, -0.15) is 0 Å². The Balaban J connectivity index is 2.18. The number of carbonyl (C=O) groups is 1.